The average molecular weight is 288 g/mol. The number of nitrogens with one attached hydrogen (secondary N) is 2. The van der Waals surface area contributed by atoms with E-state index in [1.54, 1.807) is 0 Å². The third kappa shape index (κ3) is 5.05. The van der Waals surface area contributed by atoms with Gasteiger partial charge in [0, 0.05) is 26.7 Å². The van der Waals surface area contributed by atoms with Gasteiger partial charge in [0.05, 0.1) is 0 Å². The Morgan fingerprint density at radius 3 is 2.71 bits per heavy atom. The van der Waals surface area contributed by atoms with Crippen LogP contribution in [0.3, 0.4) is 0 Å². The van der Waals surface area contributed by atoms with Crippen LogP contribution in [0.1, 0.15) is 24.8 Å². The molecule has 0 radical (unpaired) electrons. The van der Waals surface area contributed by atoms with E-state index in [9.17, 15) is 0 Å². The molecule has 1 heterocycles. The van der Waals surface area contributed by atoms with Crippen molar-refractivity contribution in [3.63, 3.8) is 0 Å². The fourth-order valence-corrected chi connectivity index (χ4v) is 2.80. The van der Waals surface area contributed by atoms with Crippen LogP contribution in [0, 0.1) is 5.92 Å². The predicted octanol–water partition coefficient (Wildman–Crippen LogP) is 1.91. The standard InChI is InChI=1S/C17H28N4/c1-14(16-7-5-4-6-8-16)11-19-17(18-2)20-12-15-9-10-21(3)13-15/h4-8,14-15H,9-13H2,1-3H3,(H2,18,19,20). The summed E-state index contributed by atoms with van der Waals surface area (Å²) in [5, 5.41) is 6.88. The highest BCUT2D eigenvalue weighted by molar-refractivity contribution is 5.79. The molecule has 116 valence electrons. The molecular formula is C17H28N4. The lowest BCUT2D eigenvalue weighted by Gasteiger charge is -2.18. The quantitative estimate of drug-likeness (QED) is 0.642. The van der Waals surface area contributed by atoms with Crippen LogP contribution >= 0.6 is 0 Å². The maximum atomic E-state index is 4.31. The van der Waals surface area contributed by atoms with Gasteiger partial charge in [-0.2, -0.15) is 0 Å². The molecule has 1 aliphatic heterocycles. The Bertz CT molecular complexity index is 443. The summed E-state index contributed by atoms with van der Waals surface area (Å²) in [6.45, 7) is 6.54. The van der Waals surface area contributed by atoms with Crippen molar-refractivity contribution in [3.05, 3.63) is 35.9 Å². The van der Waals surface area contributed by atoms with E-state index < -0.39 is 0 Å². The summed E-state index contributed by atoms with van der Waals surface area (Å²) in [6, 6.07) is 10.6. The number of aliphatic imine (C=N–C) groups is 1. The van der Waals surface area contributed by atoms with Gasteiger partial charge < -0.3 is 15.5 Å². The molecule has 21 heavy (non-hydrogen) atoms. The van der Waals surface area contributed by atoms with Gasteiger partial charge in [-0.1, -0.05) is 37.3 Å². The van der Waals surface area contributed by atoms with Gasteiger partial charge in [-0.3, -0.25) is 4.99 Å². The number of hydrogen-bond acceptors (Lipinski definition) is 2. The highest BCUT2D eigenvalue weighted by Gasteiger charge is 2.19. The van der Waals surface area contributed by atoms with Crippen LogP contribution in [0.5, 0.6) is 0 Å². The SMILES string of the molecule is CN=C(NCC1CCN(C)C1)NCC(C)c1ccccc1. The van der Waals surface area contributed by atoms with E-state index in [2.05, 4.69) is 64.8 Å². The van der Waals surface area contributed by atoms with Gasteiger partial charge in [0.1, 0.15) is 0 Å². The molecule has 0 amide bonds. The van der Waals surface area contributed by atoms with Gasteiger partial charge in [0.25, 0.3) is 0 Å². The van der Waals surface area contributed by atoms with Crippen LogP contribution < -0.4 is 10.6 Å². The molecule has 4 heteroatoms. The van der Waals surface area contributed by atoms with E-state index in [4.69, 9.17) is 0 Å². The van der Waals surface area contributed by atoms with Crippen molar-refractivity contribution < 1.29 is 0 Å². The first-order valence-electron chi connectivity index (χ1n) is 7.87. The fraction of sp³-hybridized carbons (Fsp3) is 0.588. The number of nitrogens with zero attached hydrogens (tertiary/aromatic N) is 2. The minimum atomic E-state index is 0.474. The molecule has 0 aromatic heterocycles. The molecule has 0 bridgehead atoms. The zero-order valence-corrected chi connectivity index (χ0v) is 13.5. The Morgan fingerprint density at radius 1 is 1.33 bits per heavy atom. The lowest BCUT2D eigenvalue weighted by Crippen LogP contribution is -2.41. The monoisotopic (exact) mass is 288 g/mol. The Hall–Kier alpha value is -1.55. The van der Waals surface area contributed by atoms with Crippen LogP contribution in [0.25, 0.3) is 0 Å². The second-order valence-electron chi connectivity index (χ2n) is 6.06. The van der Waals surface area contributed by atoms with E-state index in [0.29, 0.717) is 5.92 Å². The van der Waals surface area contributed by atoms with E-state index in [1.165, 1.54) is 25.1 Å². The molecule has 2 N–H and O–H groups in total. The van der Waals surface area contributed by atoms with Crippen LogP contribution in [-0.4, -0.2) is 51.1 Å². The third-order valence-electron chi connectivity index (χ3n) is 4.22. The minimum Gasteiger partial charge on any atom is -0.356 e. The fourth-order valence-electron chi connectivity index (χ4n) is 2.80. The number of likely N-dealkylation sites (tertiary alicyclic amines) is 1. The number of benzene rings is 1. The van der Waals surface area contributed by atoms with Gasteiger partial charge in [-0.15, -0.1) is 0 Å². The largest absolute Gasteiger partial charge is 0.356 e. The van der Waals surface area contributed by atoms with E-state index >= 15 is 0 Å². The normalized spacial score (nSPS) is 21.3. The van der Waals surface area contributed by atoms with E-state index in [0.717, 1.165) is 25.0 Å². The van der Waals surface area contributed by atoms with Crippen LogP contribution in [0.4, 0.5) is 0 Å². The Balaban J connectivity index is 1.73. The number of guanidine groups is 1. The lowest BCUT2D eigenvalue weighted by molar-refractivity contribution is 0.394. The summed E-state index contributed by atoms with van der Waals surface area (Å²) < 4.78 is 0. The van der Waals surface area contributed by atoms with Crippen LogP contribution in [0.2, 0.25) is 0 Å². The minimum absolute atomic E-state index is 0.474. The van der Waals surface area contributed by atoms with E-state index in [-0.39, 0.29) is 0 Å². The topological polar surface area (TPSA) is 39.7 Å². The molecule has 0 aliphatic carbocycles. The highest BCUT2D eigenvalue weighted by Crippen LogP contribution is 2.14. The molecule has 0 spiro atoms. The van der Waals surface area contributed by atoms with Crippen molar-refractivity contribution in [2.24, 2.45) is 10.9 Å². The number of rotatable bonds is 5. The van der Waals surface area contributed by atoms with Gasteiger partial charge in [-0.05, 0) is 37.4 Å². The second kappa shape index (κ2) is 8.03. The van der Waals surface area contributed by atoms with Crippen molar-refractivity contribution in [2.75, 3.05) is 40.3 Å². The summed E-state index contributed by atoms with van der Waals surface area (Å²) in [5.74, 6) is 2.12. The third-order valence-corrected chi connectivity index (χ3v) is 4.22. The molecular weight excluding hydrogens is 260 g/mol. The summed E-state index contributed by atoms with van der Waals surface area (Å²) in [5.41, 5.74) is 1.36. The molecule has 1 fully saturated rings. The van der Waals surface area contributed by atoms with Crippen molar-refractivity contribution >= 4 is 5.96 Å². The number of hydrogen-bond donors (Lipinski definition) is 2. The molecule has 1 aromatic rings. The maximum Gasteiger partial charge on any atom is 0.191 e. The highest BCUT2D eigenvalue weighted by atomic mass is 15.2. The van der Waals surface area contributed by atoms with Crippen LogP contribution in [-0.2, 0) is 0 Å². The molecule has 0 saturated carbocycles. The zero-order valence-electron chi connectivity index (χ0n) is 13.5. The first kappa shape index (κ1) is 15.8. The molecule has 2 unspecified atom stereocenters. The van der Waals surface area contributed by atoms with Crippen molar-refractivity contribution in [2.45, 2.75) is 19.3 Å². The first-order chi connectivity index (χ1) is 10.2. The maximum absolute atomic E-state index is 4.31. The van der Waals surface area contributed by atoms with E-state index in [1.807, 2.05) is 7.05 Å². The second-order valence-corrected chi connectivity index (χ2v) is 6.06. The van der Waals surface area contributed by atoms with Crippen molar-refractivity contribution in [1.29, 1.82) is 0 Å². The first-order valence-corrected chi connectivity index (χ1v) is 7.87. The molecule has 1 aliphatic rings. The lowest BCUT2D eigenvalue weighted by atomic mass is 10.0. The molecule has 2 atom stereocenters. The Morgan fingerprint density at radius 2 is 2.10 bits per heavy atom. The smallest absolute Gasteiger partial charge is 0.191 e. The molecule has 1 saturated heterocycles. The summed E-state index contributed by atoms with van der Waals surface area (Å²) in [7, 11) is 4.03. The van der Waals surface area contributed by atoms with Gasteiger partial charge in [-0.25, -0.2) is 0 Å². The van der Waals surface area contributed by atoms with Crippen LogP contribution in [0.15, 0.2) is 35.3 Å². The summed E-state index contributed by atoms with van der Waals surface area (Å²) >= 11 is 0. The van der Waals surface area contributed by atoms with Crippen molar-refractivity contribution in [3.8, 4) is 0 Å². The predicted molar refractivity (Wildman–Crippen MR) is 89.8 cm³/mol. The van der Waals surface area contributed by atoms with Crippen molar-refractivity contribution in [1.82, 2.24) is 15.5 Å². The zero-order chi connectivity index (χ0) is 15.1. The average Bonchev–Trinajstić information content (AvgIpc) is 2.93. The summed E-state index contributed by atoms with van der Waals surface area (Å²) in [4.78, 5) is 6.70. The molecule has 1 aromatic carbocycles. The van der Waals surface area contributed by atoms with Gasteiger partial charge in [0.15, 0.2) is 5.96 Å². The molecule has 4 nitrogen and oxygen atoms in total. The Labute approximate surface area is 128 Å². The Kier molecular flexibility index (Phi) is 6.05. The molecule has 2 rings (SSSR count). The summed E-state index contributed by atoms with van der Waals surface area (Å²) in [6.07, 6.45) is 1.28. The van der Waals surface area contributed by atoms with Gasteiger partial charge >= 0.3 is 0 Å². The van der Waals surface area contributed by atoms with Gasteiger partial charge in [0.2, 0.25) is 0 Å².